The number of likely N-dealkylation sites (tertiary alicyclic amines) is 1. The lowest BCUT2D eigenvalue weighted by atomic mass is 10.2. The van der Waals surface area contributed by atoms with Gasteiger partial charge in [-0.3, -0.25) is 14.9 Å². The van der Waals surface area contributed by atoms with Crippen LogP contribution < -0.4 is 5.32 Å². The Hall–Kier alpha value is -2.18. The van der Waals surface area contributed by atoms with Gasteiger partial charge in [0.15, 0.2) is 0 Å². The standard InChI is InChI=1S/C11H14N4O3/c1-12-10-9(6-8(7-13-10)15(17)18)11(16)14-4-2-3-5-14/h6-7H,2-5H2,1H3,(H,12,13). The van der Waals surface area contributed by atoms with Crippen LogP contribution in [0.3, 0.4) is 0 Å². The molecule has 1 aliphatic heterocycles. The minimum absolute atomic E-state index is 0.170. The van der Waals surface area contributed by atoms with Gasteiger partial charge in [-0.2, -0.15) is 0 Å². The third-order valence-corrected chi connectivity index (χ3v) is 2.94. The van der Waals surface area contributed by atoms with E-state index in [0.717, 1.165) is 19.0 Å². The van der Waals surface area contributed by atoms with Crippen LogP contribution >= 0.6 is 0 Å². The van der Waals surface area contributed by atoms with E-state index in [1.165, 1.54) is 6.07 Å². The average Bonchev–Trinajstić information content (AvgIpc) is 2.90. The molecule has 1 amide bonds. The number of carbonyl (C=O) groups excluding carboxylic acids is 1. The predicted octanol–water partition coefficient (Wildman–Crippen LogP) is 1.27. The molecule has 2 heterocycles. The van der Waals surface area contributed by atoms with Crippen molar-refractivity contribution < 1.29 is 9.72 Å². The molecule has 0 atom stereocenters. The molecular formula is C11H14N4O3. The molecule has 1 fully saturated rings. The van der Waals surface area contributed by atoms with Crippen LogP contribution in [0.5, 0.6) is 0 Å². The Morgan fingerprint density at radius 2 is 2.17 bits per heavy atom. The first-order valence-electron chi connectivity index (χ1n) is 5.75. The minimum Gasteiger partial charge on any atom is -0.372 e. The molecule has 7 heteroatoms. The first-order chi connectivity index (χ1) is 8.63. The van der Waals surface area contributed by atoms with Crippen LogP contribution in [0.1, 0.15) is 23.2 Å². The normalized spacial score (nSPS) is 14.6. The van der Waals surface area contributed by atoms with Crippen molar-refractivity contribution in [3.8, 4) is 0 Å². The van der Waals surface area contributed by atoms with Crippen molar-refractivity contribution in [2.45, 2.75) is 12.8 Å². The van der Waals surface area contributed by atoms with Gasteiger partial charge in [-0.05, 0) is 12.8 Å². The molecule has 0 spiro atoms. The van der Waals surface area contributed by atoms with Crippen LogP contribution in [0.25, 0.3) is 0 Å². The first-order valence-corrected chi connectivity index (χ1v) is 5.75. The second-order valence-electron chi connectivity index (χ2n) is 4.10. The van der Waals surface area contributed by atoms with E-state index in [4.69, 9.17) is 0 Å². The van der Waals surface area contributed by atoms with Crippen LogP contribution in [0.4, 0.5) is 11.5 Å². The van der Waals surface area contributed by atoms with Gasteiger partial charge in [-0.15, -0.1) is 0 Å². The SMILES string of the molecule is CNc1ncc([N+](=O)[O-])cc1C(=O)N1CCCC1. The Morgan fingerprint density at radius 1 is 1.50 bits per heavy atom. The van der Waals surface area contributed by atoms with Gasteiger partial charge in [0.25, 0.3) is 11.6 Å². The van der Waals surface area contributed by atoms with Crippen molar-refractivity contribution in [3.63, 3.8) is 0 Å². The summed E-state index contributed by atoms with van der Waals surface area (Å²) >= 11 is 0. The highest BCUT2D eigenvalue weighted by Crippen LogP contribution is 2.22. The Balaban J connectivity index is 2.36. The summed E-state index contributed by atoms with van der Waals surface area (Å²) in [5, 5.41) is 13.5. The summed E-state index contributed by atoms with van der Waals surface area (Å²) in [7, 11) is 1.63. The molecule has 1 saturated heterocycles. The molecule has 7 nitrogen and oxygen atoms in total. The first kappa shape index (κ1) is 12.3. The van der Waals surface area contributed by atoms with E-state index in [1.54, 1.807) is 11.9 Å². The number of nitrogens with zero attached hydrogens (tertiary/aromatic N) is 3. The van der Waals surface area contributed by atoms with E-state index in [2.05, 4.69) is 10.3 Å². The van der Waals surface area contributed by atoms with Gasteiger partial charge in [0.1, 0.15) is 12.0 Å². The second-order valence-corrected chi connectivity index (χ2v) is 4.10. The van der Waals surface area contributed by atoms with Crippen molar-refractivity contribution in [3.05, 3.63) is 27.9 Å². The molecule has 2 rings (SSSR count). The molecular weight excluding hydrogens is 236 g/mol. The highest BCUT2D eigenvalue weighted by molar-refractivity contribution is 5.99. The topological polar surface area (TPSA) is 88.4 Å². The number of hydrogen-bond acceptors (Lipinski definition) is 5. The molecule has 0 saturated carbocycles. The summed E-state index contributed by atoms with van der Waals surface area (Å²) in [5.74, 6) is 0.172. The number of nitrogens with one attached hydrogen (secondary N) is 1. The monoisotopic (exact) mass is 250 g/mol. The Morgan fingerprint density at radius 3 is 2.72 bits per heavy atom. The van der Waals surface area contributed by atoms with Gasteiger partial charge in [0.2, 0.25) is 0 Å². The van der Waals surface area contributed by atoms with Gasteiger partial charge >= 0.3 is 0 Å². The molecule has 1 aromatic heterocycles. The molecule has 18 heavy (non-hydrogen) atoms. The summed E-state index contributed by atoms with van der Waals surface area (Å²) in [6.45, 7) is 1.40. The maximum absolute atomic E-state index is 12.2. The highest BCUT2D eigenvalue weighted by atomic mass is 16.6. The van der Waals surface area contributed by atoms with E-state index in [-0.39, 0.29) is 17.2 Å². The quantitative estimate of drug-likeness (QED) is 0.644. The highest BCUT2D eigenvalue weighted by Gasteiger charge is 2.24. The lowest BCUT2D eigenvalue weighted by Crippen LogP contribution is -2.28. The number of rotatable bonds is 3. The van der Waals surface area contributed by atoms with Gasteiger partial charge in [0.05, 0.1) is 10.5 Å². The van der Waals surface area contributed by atoms with Gasteiger partial charge in [-0.25, -0.2) is 4.98 Å². The molecule has 0 unspecified atom stereocenters. The van der Waals surface area contributed by atoms with Crippen molar-refractivity contribution in [1.29, 1.82) is 0 Å². The second kappa shape index (κ2) is 4.99. The number of pyridine rings is 1. The summed E-state index contributed by atoms with van der Waals surface area (Å²) in [5.41, 5.74) is 0.0881. The van der Waals surface area contributed by atoms with Crippen molar-refractivity contribution in [2.75, 3.05) is 25.5 Å². The van der Waals surface area contributed by atoms with E-state index < -0.39 is 4.92 Å². The van der Waals surface area contributed by atoms with Crippen LogP contribution in [-0.4, -0.2) is 40.9 Å². The predicted molar refractivity (Wildman–Crippen MR) is 65.6 cm³/mol. The minimum atomic E-state index is -0.548. The lowest BCUT2D eigenvalue weighted by molar-refractivity contribution is -0.385. The lowest BCUT2D eigenvalue weighted by Gasteiger charge is -2.16. The zero-order valence-corrected chi connectivity index (χ0v) is 10.0. The Labute approximate surface area is 104 Å². The number of aromatic nitrogens is 1. The Kier molecular flexibility index (Phi) is 3.40. The maximum Gasteiger partial charge on any atom is 0.288 e. The zero-order chi connectivity index (χ0) is 13.1. The smallest absolute Gasteiger partial charge is 0.288 e. The molecule has 1 N–H and O–H groups in total. The van der Waals surface area contributed by atoms with Crippen molar-refractivity contribution in [1.82, 2.24) is 9.88 Å². The van der Waals surface area contributed by atoms with Gasteiger partial charge in [-0.1, -0.05) is 0 Å². The van der Waals surface area contributed by atoms with E-state index >= 15 is 0 Å². The Bertz CT molecular complexity index is 483. The summed E-state index contributed by atoms with van der Waals surface area (Å²) < 4.78 is 0. The number of anilines is 1. The van der Waals surface area contributed by atoms with Gasteiger partial charge < -0.3 is 10.2 Å². The zero-order valence-electron chi connectivity index (χ0n) is 10.0. The van der Waals surface area contributed by atoms with Crippen LogP contribution in [-0.2, 0) is 0 Å². The summed E-state index contributed by atoms with van der Waals surface area (Å²) in [6.07, 6.45) is 3.10. The van der Waals surface area contributed by atoms with Crippen LogP contribution in [0.15, 0.2) is 12.3 Å². The third kappa shape index (κ3) is 2.24. The van der Waals surface area contributed by atoms with Crippen molar-refractivity contribution in [2.24, 2.45) is 0 Å². The van der Waals surface area contributed by atoms with E-state index in [9.17, 15) is 14.9 Å². The number of amides is 1. The molecule has 0 aliphatic carbocycles. The maximum atomic E-state index is 12.2. The number of hydrogen-bond donors (Lipinski definition) is 1. The van der Waals surface area contributed by atoms with Gasteiger partial charge in [0, 0.05) is 26.2 Å². The fourth-order valence-electron chi connectivity index (χ4n) is 2.01. The average molecular weight is 250 g/mol. The summed E-state index contributed by atoms with van der Waals surface area (Å²) in [4.78, 5) is 28.0. The van der Waals surface area contributed by atoms with E-state index in [1.807, 2.05) is 0 Å². The fourth-order valence-corrected chi connectivity index (χ4v) is 2.01. The van der Waals surface area contributed by atoms with Crippen LogP contribution in [0.2, 0.25) is 0 Å². The molecule has 96 valence electrons. The molecule has 0 aromatic carbocycles. The van der Waals surface area contributed by atoms with Crippen LogP contribution in [0, 0.1) is 10.1 Å². The third-order valence-electron chi connectivity index (χ3n) is 2.94. The molecule has 1 aliphatic rings. The fraction of sp³-hybridized carbons (Fsp3) is 0.455. The molecule has 1 aromatic rings. The van der Waals surface area contributed by atoms with E-state index in [0.29, 0.717) is 18.9 Å². The number of nitro groups is 1. The molecule has 0 bridgehead atoms. The number of carbonyl (C=O) groups is 1. The molecule has 0 radical (unpaired) electrons. The summed E-state index contributed by atoms with van der Waals surface area (Å²) in [6, 6.07) is 1.28. The van der Waals surface area contributed by atoms with Crippen molar-refractivity contribution >= 4 is 17.4 Å². The largest absolute Gasteiger partial charge is 0.372 e.